The fourth-order valence-corrected chi connectivity index (χ4v) is 5.45. The SMILES string of the molecule is C[C@H](Cc1cccc(CC(=O)NCc2ccc(S(=O)(=O)NCc3ccccc3)cc2)c1)NC[C@H](O)c1ccc(N)nc1.Cl. The Morgan fingerprint density at radius 1 is 0.884 bits per heavy atom. The summed E-state index contributed by atoms with van der Waals surface area (Å²) >= 11 is 0. The number of hydrogen-bond donors (Lipinski definition) is 5. The molecule has 0 aliphatic rings. The molecule has 1 amide bonds. The lowest BCUT2D eigenvalue weighted by atomic mass is 10.0. The summed E-state index contributed by atoms with van der Waals surface area (Å²) in [6, 6.07) is 27.2. The Bertz CT molecular complexity index is 1550. The highest BCUT2D eigenvalue weighted by atomic mass is 35.5. The van der Waals surface area contributed by atoms with Crippen LogP contribution in [0.3, 0.4) is 0 Å². The number of halogens is 1. The zero-order valence-corrected chi connectivity index (χ0v) is 25.6. The van der Waals surface area contributed by atoms with Crippen LogP contribution in [0.15, 0.2) is 102 Å². The molecule has 6 N–H and O–H groups in total. The van der Waals surface area contributed by atoms with Gasteiger partial charge in [0.2, 0.25) is 15.9 Å². The summed E-state index contributed by atoms with van der Waals surface area (Å²) in [5, 5.41) is 16.6. The Labute approximate surface area is 259 Å². The molecule has 0 radical (unpaired) electrons. The molecule has 9 nitrogen and oxygen atoms in total. The van der Waals surface area contributed by atoms with E-state index in [-0.39, 0.29) is 42.2 Å². The Hall–Kier alpha value is -3.80. The Kier molecular flexibility index (Phi) is 12.7. The Balaban J connectivity index is 0.00000506. The summed E-state index contributed by atoms with van der Waals surface area (Å²) in [5.74, 6) is 0.287. The average molecular weight is 624 g/mol. The first-order valence-corrected chi connectivity index (χ1v) is 15.3. The first kappa shape index (κ1) is 33.7. The van der Waals surface area contributed by atoms with Crippen molar-refractivity contribution in [1.82, 2.24) is 20.3 Å². The van der Waals surface area contributed by atoms with Crippen molar-refractivity contribution in [3.8, 4) is 0 Å². The molecule has 3 aromatic carbocycles. The highest BCUT2D eigenvalue weighted by Crippen LogP contribution is 2.14. The van der Waals surface area contributed by atoms with Crippen molar-refractivity contribution in [2.75, 3.05) is 12.3 Å². The number of sulfonamides is 1. The molecule has 4 aromatic rings. The maximum atomic E-state index is 12.6. The van der Waals surface area contributed by atoms with Gasteiger partial charge in [-0.15, -0.1) is 12.4 Å². The van der Waals surface area contributed by atoms with Crippen molar-refractivity contribution < 1.29 is 18.3 Å². The van der Waals surface area contributed by atoms with Gasteiger partial charge in [-0.2, -0.15) is 0 Å². The number of anilines is 1. The van der Waals surface area contributed by atoms with Gasteiger partial charge in [-0.3, -0.25) is 4.79 Å². The van der Waals surface area contributed by atoms with Crippen molar-refractivity contribution in [2.24, 2.45) is 0 Å². The van der Waals surface area contributed by atoms with Gasteiger partial charge in [0, 0.05) is 37.4 Å². The highest BCUT2D eigenvalue weighted by molar-refractivity contribution is 7.89. The quantitative estimate of drug-likeness (QED) is 0.144. The maximum Gasteiger partial charge on any atom is 0.240 e. The lowest BCUT2D eigenvalue weighted by Crippen LogP contribution is -2.32. The van der Waals surface area contributed by atoms with Gasteiger partial charge in [-0.05, 0) is 53.8 Å². The molecule has 2 atom stereocenters. The molecule has 228 valence electrons. The largest absolute Gasteiger partial charge is 0.387 e. The lowest BCUT2D eigenvalue weighted by molar-refractivity contribution is -0.120. The van der Waals surface area contributed by atoms with Gasteiger partial charge in [0.25, 0.3) is 0 Å². The maximum absolute atomic E-state index is 12.6. The summed E-state index contributed by atoms with van der Waals surface area (Å²) in [4.78, 5) is 16.8. The van der Waals surface area contributed by atoms with Crippen LogP contribution in [0.2, 0.25) is 0 Å². The van der Waals surface area contributed by atoms with Crippen molar-refractivity contribution in [2.45, 2.75) is 49.9 Å². The van der Waals surface area contributed by atoms with Crippen molar-refractivity contribution in [3.05, 3.63) is 125 Å². The molecule has 1 heterocycles. The molecule has 0 aliphatic heterocycles. The molecule has 0 saturated carbocycles. The Morgan fingerprint density at radius 3 is 2.26 bits per heavy atom. The molecule has 1 aromatic heterocycles. The van der Waals surface area contributed by atoms with Gasteiger partial charge in [0.1, 0.15) is 5.82 Å². The number of nitrogens with zero attached hydrogens (tertiary/aromatic N) is 1. The van der Waals surface area contributed by atoms with Crippen LogP contribution >= 0.6 is 12.4 Å². The summed E-state index contributed by atoms with van der Waals surface area (Å²) in [5.41, 5.74) is 9.97. The topological polar surface area (TPSA) is 146 Å². The number of aromatic nitrogens is 1. The third-order valence-electron chi connectivity index (χ3n) is 6.78. The summed E-state index contributed by atoms with van der Waals surface area (Å²) in [7, 11) is -3.64. The van der Waals surface area contributed by atoms with E-state index in [4.69, 9.17) is 5.73 Å². The first-order valence-electron chi connectivity index (χ1n) is 13.8. The van der Waals surface area contributed by atoms with Crippen LogP contribution in [0, 0.1) is 0 Å². The number of carbonyl (C=O) groups is 1. The number of nitrogens with one attached hydrogen (secondary N) is 3. The van der Waals surface area contributed by atoms with Crippen LogP contribution < -0.4 is 21.1 Å². The molecule has 0 bridgehead atoms. The Morgan fingerprint density at radius 2 is 1.56 bits per heavy atom. The van der Waals surface area contributed by atoms with Gasteiger partial charge in [-0.1, -0.05) is 72.8 Å². The highest BCUT2D eigenvalue weighted by Gasteiger charge is 2.14. The third-order valence-corrected chi connectivity index (χ3v) is 8.20. The van der Waals surface area contributed by atoms with Gasteiger partial charge >= 0.3 is 0 Å². The molecule has 0 fully saturated rings. The fourth-order valence-electron chi connectivity index (χ4n) is 4.43. The molecule has 0 aliphatic carbocycles. The molecule has 4 rings (SSSR count). The van der Waals surface area contributed by atoms with Gasteiger partial charge in [0.15, 0.2) is 0 Å². The number of aliphatic hydroxyl groups excluding tert-OH is 1. The molecule has 0 unspecified atom stereocenters. The number of nitrogen functional groups attached to an aromatic ring is 1. The van der Waals surface area contributed by atoms with Gasteiger partial charge < -0.3 is 21.5 Å². The second kappa shape index (κ2) is 16.2. The summed E-state index contributed by atoms with van der Waals surface area (Å²) < 4.78 is 27.8. The van der Waals surface area contributed by atoms with Crippen LogP contribution in [0.5, 0.6) is 0 Å². The molecule has 11 heteroatoms. The normalized spacial score (nSPS) is 12.6. The van der Waals surface area contributed by atoms with E-state index in [1.807, 2.05) is 61.5 Å². The van der Waals surface area contributed by atoms with Crippen LogP contribution in [-0.2, 0) is 40.7 Å². The van der Waals surface area contributed by atoms with Crippen LogP contribution in [0.4, 0.5) is 5.82 Å². The minimum absolute atomic E-state index is 0. The van der Waals surface area contributed by atoms with Crippen LogP contribution in [0.1, 0.15) is 40.8 Å². The van der Waals surface area contributed by atoms with Crippen molar-refractivity contribution in [1.29, 1.82) is 0 Å². The van der Waals surface area contributed by atoms with E-state index >= 15 is 0 Å². The van der Waals surface area contributed by atoms with E-state index < -0.39 is 16.1 Å². The average Bonchev–Trinajstić information content (AvgIpc) is 2.99. The smallest absolute Gasteiger partial charge is 0.240 e. The number of hydrogen-bond acceptors (Lipinski definition) is 7. The summed E-state index contributed by atoms with van der Waals surface area (Å²) in [6.07, 6.45) is 1.85. The summed E-state index contributed by atoms with van der Waals surface area (Å²) in [6.45, 7) is 2.93. The minimum Gasteiger partial charge on any atom is -0.387 e. The molecule has 0 spiro atoms. The van der Waals surface area contributed by atoms with E-state index in [9.17, 15) is 18.3 Å². The number of nitrogens with two attached hydrogens (primary N) is 1. The standard InChI is InChI=1S/C32H37N5O4S.ClH/c1-23(34-22-30(38)28-12-15-31(33)35-21-28)16-26-8-5-9-27(17-26)18-32(39)36-19-25-10-13-29(14-11-25)42(40,41)37-20-24-6-3-2-4-7-24;/h2-15,17,21,23,30,34,37-38H,16,18-20,22H2,1H3,(H2,33,35)(H,36,39);1H/t23-,30+;/m1./s1. The van der Waals surface area contributed by atoms with Crippen LogP contribution in [-0.4, -0.2) is 37.0 Å². The van der Waals surface area contributed by atoms with E-state index in [2.05, 4.69) is 20.3 Å². The fraction of sp³-hybridized carbons (Fsp3) is 0.250. The lowest BCUT2D eigenvalue weighted by Gasteiger charge is -2.18. The zero-order valence-electron chi connectivity index (χ0n) is 23.9. The number of rotatable bonds is 14. The number of benzene rings is 3. The molecule has 0 saturated heterocycles. The van der Waals surface area contributed by atoms with E-state index in [0.717, 1.165) is 28.7 Å². The predicted octanol–water partition coefficient (Wildman–Crippen LogP) is 3.68. The number of carbonyl (C=O) groups excluding carboxylic acids is 1. The monoisotopic (exact) mass is 623 g/mol. The number of aliphatic hydroxyl groups is 1. The van der Waals surface area contributed by atoms with E-state index in [1.165, 1.54) is 0 Å². The number of amides is 1. The zero-order chi connectivity index (χ0) is 30.0. The van der Waals surface area contributed by atoms with Gasteiger partial charge in [0.05, 0.1) is 17.4 Å². The van der Waals surface area contributed by atoms with Crippen LogP contribution in [0.25, 0.3) is 0 Å². The predicted molar refractivity (Wildman–Crippen MR) is 171 cm³/mol. The van der Waals surface area contributed by atoms with E-state index in [0.29, 0.717) is 24.5 Å². The second-order valence-corrected chi connectivity index (χ2v) is 12.0. The first-order chi connectivity index (χ1) is 20.2. The molecule has 43 heavy (non-hydrogen) atoms. The number of pyridine rings is 1. The van der Waals surface area contributed by atoms with E-state index in [1.54, 1.807) is 42.6 Å². The van der Waals surface area contributed by atoms with Gasteiger partial charge in [-0.25, -0.2) is 18.1 Å². The third kappa shape index (κ3) is 10.8. The van der Waals surface area contributed by atoms with Crippen molar-refractivity contribution in [3.63, 3.8) is 0 Å². The minimum atomic E-state index is -3.64. The van der Waals surface area contributed by atoms with Crippen molar-refractivity contribution >= 4 is 34.2 Å². The molecular weight excluding hydrogens is 586 g/mol. The second-order valence-electron chi connectivity index (χ2n) is 10.3. The molecular formula is C32H38ClN5O4S.